The smallest absolute Gasteiger partial charge is 0.210 e. The summed E-state index contributed by atoms with van der Waals surface area (Å²) < 4.78 is 41.2. The molecule has 0 aliphatic heterocycles. The van der Waals surface area contributed by atoms with E-state index in [-0.39, 0.29) is 0 Å². The Bertz CT molecular complexity index is 255. The van der Waals surface area contributed by atoms with Gasteiger partial charge in [-0.15, -0.1) is 0 Å². The van der Waals surface area contributed by atoms with Gasteiger partial charge in [-0.3, -0.25) is 0 Å². The maximum Gasteiger partial charge on any atom is 0.210 e. The van der Waals surface area contributed by atoms with Gasteiger partial charge in [0, 0.05) is 0 Å². The molecule has 0 radical (unpaired) electrons. The molecule has 0 fully saturated rings. The SMILES string of the molecule is O=S(=O)(Br)CCS(=O)(=O)Br. The van der Waals surface area contributed by atoms with Crippen molar-refractivity contribution in [2.75, 3.05) is 11.5 Å². The molecule has 0 atom stereocenters. The van der Waals surface area contributed by atoms with E-state index in [9.17, 15) is 16.8 Å². The largest absolute Gasteiger partial charge is 0.217 e. The van der Waals surface area contributed by atoms with Gasteiger partial charge >= 0.3 is 0 Å². The van der Waals surface area contributed by atoms with E-state index < -0.39 is 28.0 Å². The van der Waals surface area contributed by atoms with E-state index in [4.69, 9.17) is 0 Å². The Morgan fingerprint density at radius 2 is 1.00 bits per heavy atom. The van der Waals surface area contributed by atoms with Gasteiger partial charge in [-0.25, -0.2) is 16.8 Å². The fourth-order valence-electron chi connectivity index (χ4n) is 0.199. The number of hydrogen-bond donors (Lipinski definition) is 0. The molecule has 0 bridgehead atoms. The van der Waals surface area contributed by atoms with Gasteiger partial charge in [0.1, 0.15) is 0 Å². The first kappa shape index (κ1) is 10.9. The maximum absolute atomic E-state index is 10.3. The zero-order valence-corrected chi connectivity index (χ0v) is 9.42. The molecule has 0 saturated heterocycles. The van der Waals surface area contributed by atoms with Gasteiger partial charge in [-0.05, 0) is 0 Å². The second-order valence-electron chi connectivity index (χ2n) is 1.49. The van der Waals surface area contributed by atoms with E-state index in [1.165, 1.54) is 0 Å². The zero-order valence-electron chi connectivity index (χ0n) is 4.62. The highest BCUT2D eigenvalue weighted by molar-refractivity contribution is 9.48. The van der Waals surface area contributed by atoms with Crippen LogP contribution in [0, 0.1) is 0 Å². The van der Waals surface area contributed by atoms with Crippen LogP contribution in [0.2, 0.25) is 0 Å². The lowest BCUT2D eigenvalue weighted by Crippen LogP contribution is -2.07. The molecule has 0 aromatic carbocycles. The topological polar surface area (TPSA) is 68.3 Å². The van der Waals surface area contributed by atoms with Crippen LogP contribution >= 0.6 is 29.6 Å². The predicted molar refractivity (Wildman–Crippen MR) is 45.4 cm³/mol. The normalized spacial score (nSPS) is 13.4. The molecule has 0 unspecified atom stereocenters. The number of hydrogen-bond acceptors (Lipinski definition) is 4. The van der Waals surface area contributed by atoms with Gasteiger partial charge in [-0.2, -0.15) is 0 Å². The van der Waals surface area contributed by atoms with Crippen molar-refractivity contribution in [2.45, 2.75) is 0 Å². The molecule has 0 aromatic rings. The highest BCUT2D eigenvalue weighted by atomic mass is 79.9. The molecule has 0 heterocycles. The third kappa shape index (κ3) is 8.86. The lowest BCUT2D eigenvalue weighted by atomic mass is 11.0. The molecule has 0 aromatic heterocycles. The summed E-state index contributed by atoms with van der Waals surface area (Å²) >= 11 is 4.64. The second-order valence-corrected chi connectivity index (χ2v) is 10.4. The number of rotatable bonds is 3. The lowest BCUT2D eigenvalue weighted by molar-refractivity contribution is 0.604. The Morgan fingerprint density at radius 1 is 0.800 bits per heavy atom. The number of halogens is 2. The quantitative estimate of drug-likeness (QED) is 0.709. The summed E-state index contributed by atoms with van der Waals surface area (Å²) in [5.41, 5.74) is 0. The minimum atomic E-state index is -3.35. The Kier molecular flexibility index (Phi) is 3.81. The average molecular weight is 316 g/mol. The Balaban J connectivity index is 4.05. The molecule has 0 N–H and O–H groups in total. The molecule has 0 saturated carbocycles. The minimum Gasteiger partial charge on any atom is -0.217 e. The summed E-state index contributed by atoms with van der Waals surface area (Å²) in [5, 5.41) is 0. The average Bonchev–Trinajstić information content (AvgIpc) is 1.57. The molecule has 0 aliphatic rings. The molecule has 0 aliphatic carbocycles. The first-order valence-electron chi connectivity index (χ1n) is 2.05. The summed E-state index contributed by atoms with van der Waals surface area (Å²) in [5.74, 6) is -0.832. The van der Waals surface area contributed by atoms with Gasteiger partial charge in [0.25, 0.3) is 0 Å². The molecular formula is C2H4Br2O4S2. The molecule has 8 heteroatoms. The Hall–Kier alpha value is 0.860. The Labute approximate surface area is 74.2 Å². The molecule has 0 rings (SSSR count). The third-order valence-corrected chi connectivity index (χ3v) is 4.16. The highest BCUT2D eigenvalue weighted by Crippen LogP contribution is 2.05. The van der Waals surface area contributed by atoms with Gasteiger partial charge in [-0.1, -0.05) is 0 Å². The monoisotopic (exact) mass is 314 g/mol. The van der Waals surface area contributed by atoms with Crippen molar-refractivity contribution >= 4 is 46.2 Å². The first-order valence-corrected chi connectivity index (χ1v) is 9.04. The van der Waals surface area contributed by atoms with Crippen molar-refractivity contribution < 1.29 is 16.8 Å². The van der Waals surface area contributed by atoms with E-state index in [0.29, 0.717) is 0 Å². The summed E-state index contributed by atoms with van der Waals surface area (Å²) in [4.78, 5) is 0. The van der Waals surface area contributed by atoms with Crippen LogP contribution in [0.3, 0.4) is 0 Å². The van der Waals surface area contributed by atoms with E-state index in [1.54, 1.807) is 0 Å². The third-order valence-electron chi connectivity index (χ3n) is 0.571. The fraction of sp³-hybridized carbons (Fsp3) is 1.00. The zero-order chi connectivity index (χ0) is 8.41. The summed E-state index contributed by atoms with van der Waals surface area (Å²) in [7, 11) is -6.71. The molecule has 0 spiro atoms. The summed E-state index contributed by atoms with van der Waals surface area (Å²) in [6.45, 7) is 0. The summed E-state index contributed by atoms with van der Waals surface area (Å²) in [6.07, 6.45) is 0. The van der Waals surface area contributed by atoms with E-state index in [1.807, 2.05) is 0 Å². The van der Waals surface area contributed by atoms with Gasteiger partial charge in [0.15, 0.2) is 0 Å². The van der Waals surface area contributed by atoms with E-state index >= 15 is 0 Å². The van der Waals surface area contributed by atoms with Crippen LogP contribution in [0.1, 0.15) is 0 Å². The van der Waals surface area contributed by atoms with Crippen LogP contribution in [-0.4, -0.2) is 28.3 Å². The van der Waals surface area contributed by atoms with E-state index in [2.05, 4.69) is 29.6 Å². The molecule has 0 amide bonds. The van der Waals surface area contributed by atoms with Crippen LogP contribution in [-0.2, 0) is 16.5 Å². The molecule has 4 nitrogen and oxygen atoms in total. The van der Waals surface area contributed by atoms with Crippen molar-refractivity contribution in [1.29, 1.82) is 0 Å². The van der Waals surface area contributed by atoms with Crippen LogP contribution in [0.4, 0.5) is 0 Å². The highest BCUT2D eigenvalue weighted by Gasteiger charge is 2.11. The van der Waals surface area contributed by atoms with Crippen LogP contribution < -0.4 is 0 Å². The van der Waals surface area contributed by atoms with E-state index in [0.717, 1.165) is 0 Å². The molecule has 62 valence electrons. The van der Waals surface area contributed by atoms with Crippen LogP contribution in [0.5, 0.6) is 0 Å². The van der Waals surface area contributed by atoms with Crippen molar-refractivity contribution in [3.8, 4) is 0 Å². The summed E-state index contributed by atoms with van der Waals surface area (Å²) in [6, 6.07) is 0. The van der Waals surface area contributed by atoms with Crippen molar-refractivity contribution in [2.24, 2.45) is 0 Å². The standard InChI is InChI=1S/C2H4Br2O4S2/c3-9(5,6)1-2-10(4,7)8/h1-2H2. The second kappa shape index (κ2) is 3.51. The predicted octanol–water partition coefficient (Wildman–Crippen LogP) is 0.436. The first-order chi connectivity index (χ1) is 4.21. The van der Waals surface area contributed by atoms with Crippen LogP contribution in [0.15, 0.2) is 0 Å². The molecular weight excluding hydrogens is 312 g/mol. The van der Waals surface area contributed by atoms with Crippen molar-refractivity contribution in [1.82, 2.24) is 0 Å². The van der Waals surface area contributed by atoms with Crippen molar-refractivity contribution in [3.05, 3.63) is 0 Å². The van der Waals surface area contributed by atoms with Crippen molar-refractivity contribution in [3.63, 3.8) is 0 Å². The Morgan fingerprint density at radius 3 is 1.10 bits per heavy atom. The molecule has 10 heavy (non-hydrogen) atoms. The lowest BCUT2D eigenvalue weighted by Gasteiger charge is -1.91. The van der Waals surface area contributed by atoms with Gasteiger partial charge < -0.3 is 0 Å². The maximum atomic E-state index is 10.3. The minimum absolute atomic E-state index is 0.416. The van der Waals surface area contributed by atoms with Crippen LogP contribution in [0.25, 0.3) is 0 Å². The van der Waals surface area contributed by atoms with Gasteiger partial charge in [0.05, 0.1) is 41.1 Å². The van der Waals surface area contributed by atoms with Gasteiger partial charge in [0.2, 0.25) is 16.5 Å². The fourth-order valence-corrected chi connectivity index (χ4v) is 4.17.